The van der Waals surface area contributed by atoms with Crippen LogP contribution in [0.1, 0.15) is 27.9 Å². The lowest BCUT2D eigenvalue weighted by molar-refractivity contribution is -0.122. The highest BCUT2D eigenvalue weighted by Crippen LogP contribution is 2.27. The molecule has 3 aromatic carbocycles. The summed E-state index contributed by atoms with van der Waals surface area (Å²) in [7, 11) is 0. The number of carbonyl (C=O) groups is 3. The van der Waals surface area contributed by atoms with Crippen LogP contribution in [0.2, 0.25) is 0 Å². The Morgan fingerprint density at radius 3 is 2.39 bits per heavy atom. The number of benzene rings is 3. The van der Waals surface area contributed by atoms with Gasteiger partial charge in [0.25, 0.3) is 5.91 Å². The van der Waals surface area contributed by atoms with E-state index in [0.717, 1.165) is 11.1 Å². The van der Waals surface area contributed by atoms with Crippen molar-refractivity contribution in [3.05, 3.63) is 89.2 Å². The number of halogens is 1. The summed E-state index contributed by atoms with van der Waals surface area (Å²) in [5.74, 6) is -2.07. The third kappa shape index (κ3) is 5.09. The van der Waals surface area contributed by atoms with Gasteiger partial charge in [0.05, 0.1) is 11.6 Å². The van der Waals surface area contributed by atoms with Crippen molar-refractivity contribution in [1.82, 2.24) is 0 Å². The van der Waals surface area contributed by atoms with Gasteiger partial charge in [0.2, 0.25) is 11.8 Å². The second-order valence-electron chi connectivity index (χ2n) is 8.25. The molecule has 1 atom stereocenters. The van der Waals surface area contributed by atoms with Crippen molar-refractivity contribution in [2.45, 2.75) is 20.3 Å². The highest BCUT2D eigenvalue weighted by molar-refractivity contribution is 6.07. The highest BCUT2D eigenvalue weighted by atomic mass is 19.1. The summed E-state index contributed by atoms with van der Waals surface area (Å²) in [5.41, 5.74) is 3.54. The minimum atomic E-state index is -0.622. The SMILES string of the molecule is Cc1ccc(NC(=O)c2cccc(N3C[C@@H](C(=O)Nc4ccc(C)cc4F)CC3=O)c2)cc1. The number of amides is 3. The van der Waals surface area contributed by atoms with Gasteiger partial charge < -0.3 is 15.5 Å². The molecule has 7 heteroatoms. The lowest BCUT2D eigenvalue weighted by atomic mass is 10.1. The Morgan fingerprint density at radius 2 is 1.67 bits per heavy atom. The van der Waals surface area contributed by atoms with Gasteiger partial charge in [0, 0.05) is 29.9 Å². The van der Waals surface area contributed by atoms with Gasteiger partial charge in [-0.3, -0.25) is 14.4 Å². The van der Waals surface area contributed by atoms with E-state index in [4.69, 9.17) is 0 Å². The molecule has 3 amide bonds. The second-order valence-corrected chi connectivity index (χ2v) is 8.25. The zero-order chi connectivity index (χ0) is 23.5. The molecule has 1 aliphatic heterocycles. The van der Waals surface area contributed by atoms with Crippen LogP contribution in [-0.2, 0) is 9.59 Å². The minimum Gasteiger partial charge on any atom is -0.323 e. The van der Waals surface area contributed by atoms with Crippen LogP contribution in [0.3, 0.4) is 0 Å². The summed E-state index contributed by atoms with van der Waals surface area (Å²) in [4.78, 5) is 39.4. The fourth-order valence-electron chi connectivity index (χ4n) is 3.74. The molecular weight excluding hydrogens is 421 g/mol. The van der Waals surface area contributed by atoms with Gasteiger partial charge in [-0.05, 0) is 61.9 Å². The topological polar surface area (TPSA) is 78.5 Å². The van der Waals surface area contributed by atoms with E-state index in [2.05, 4.69) is 10.6 Å². The monoisotopic (exact) mass is 445 g/mol. The van der Waals surface area contributed by atoms with Gasteiger partial charge in [0.1, 0.15) is 5.82 Å². The maximum Gasteiger partial charge on any atom is 0.255 e. The van der Waals surface area contributed by atoms with E-state index in [-0.39, 0.29) is 30.5 Å². The summed E-state index contributed by atoms with van der Waals surface area (Å²) in [5, 5.41) is 5.41. The van der Waals surface area contributed by atoms with Gasteiger partial charge in [-0.15, -0.1) is 0 Å². The molecule has 1 fully saturated rings. The predicted molar refractivity (Wildman–Crippen MR) is 126 cm³/mol. The third-order valence-electron chi connectivity index (χ3n) is 5.61. The molecule has 0 radical (unpaired) electrons. The van der Waals surface area contributed by atoms with Crippen molar-refractivity contribution in [1.29, 1.82) is 0 Å². The molecule has 3 aromatic rings. The van der Waals surface area contributed by atoms with Crippen LogP contribution < -0.4 is 15.5 Å². The Balaban J connectivity index is 1.44. The maximum atomic E-state index is 14.1. The highest BCUT2D eigenvalue weighted by Gasteiger charge is 2.35. The Hall–Kier alpha value is -4.00. The molecule has 0 bridgehead atoms. The summed E-state index contributed by atoms with van der Waals surface area (Å²) in [6.45, 7) is 3.88. The average molecular weight is 445 g/mol. The van der Waals surface area contributed by atoms with Gasteiger partial charge >= 0.3 is 0 Å². The standard InChI is InChI=1S/C26H24FN3O3/c1-16-6-9-20(10-7-16)28-25(32)18-4-3-5-21(13-18)30-15-19(14-24(30)31)26(33)29-23-11-8-17(2)12-22(23)27/h3-13,19H,14-15H2,1-2H3,(H,28,32)(H,29,33)/t19-/m0/s1. The summed E-state index contributed by atoms with van der Waals surface area (Å²) in [6, 6.07) is 18.7. The maximum absolute atomic E-state index is 14.1. The van der Waals surface area contributed by atoms with E-state index in [9.17, 15) is 18.8 Å². The predicted octanol–water partition coefficient (Wildman–Crippen LogP) is 4.69. The first-order chi connectivity index (χ1) is 15.8. The van der Waals surface area contributed by atoms with Crippen LogP contribution in [0.15, 0.2) is 66.7 Å². The zero-order valence-electron chi connectivity index (χ0n) is 18.4. The van der Waals surface area contributed by atoms with Crippen molar-refractivity contribution in [2.24, 2.45) is 5.92 Å². The van der Waals surface area contributed by atoms with Crippen molar-refractivity contribution < 1.29 is 18.8 Å². The average Bonchev–Trinajstić information content (AvgIpc) is 3.19. The molecule has 1 saturated heterocycles. The molecule has 0 unspecified atom stereocenters. The van der Waals surface area contributed by atoms with Crippen molar-refractivity contribution in [3.63, 3.8) is 0 Å². The Bertz CT molecular complexity index is 1220. The van der Waals surface area contributed by atoms with E-state index in [1.165, 1.54) is 17.0 Å². The van der Waals surface area contributed by atoms with E-state index in [1.54, 1.807) is 37.3 Å². The minimum absolute atomic E-state index is 0.0130. The fourth-order valence-corrected chi connectivity index (χ4v) is 3.74. The molecule has 0 saturated carbocycles. The van der Waals surface area contributed by atoms with Gasteiger partial charge in [0.15, 0.2) is 0 Å². The molecule has 1 aliphatic rings. The molecule has 33 heavy (non-hydrogen) atoms. The van der Waals surface area contributed by atoms with E-state index in [1.807, 2.05) is 31.2 Å². The lowest BCUT2D eigenvalue weighted by Crippen LogP contribution is -2.28. The number of carbonyl (C=O) groups excluding carboxylic acids is 3. The van der Waals surface area contributed by atoms with E-state index in [0.29, 0.717) is 16.9 Å². The van der Waals surface area contributed by atoms with Crippen molar-refractivity contribution in [2.75, 3.05) is 22.1 Å². The number of nitrogens with one attached hydrogen (secondary N) is 2. The van der Waals surface area contributed by atoms with Gasteiger partial charge in [-0.25, -0.2) is 4.39 Å². The van der Waals surface area contributed by atoms with Crippen LogP contribution in [0.4, 0.5) is 21.5 Å². The first kappa shape index (κ1) is 22.2. The molecule has 6 nitrogen and oxygen atoms in total. The first-order valence-corrected chi connectivity index (χ1v) is 10.7. The summed E-state index contributed by atoms with van der Waals surface area (Å²) >= 11 is 0. The first-order valence-electron chi connectivity index (χ1n) is 10.7. The van der Waals surface area contributed by atoms with Crippen LogP contribution >= 0.6 is 0 Å². The fraction of sp³-hybridized carbons (Fsp3) is 0.192. The number of nitrogens with zero attached hydrogens (tertiary/aromatic N) is 1. The number of hydrogen-bond donors (Lipinski definition) is 2. The molecular formula is C26H24FN3O3. The largest absolute Gasteiger partial charge is 0.323 e. The normalized spacial score (nSPS) is 15.4. The number of hydrogen-bond acceptors (Lipinski definition) is 3. The van der Waals surface area contributed by atoms with Gasteiger partial charge in [-0.1, -0.05) is 29.8 Å². The van der Waals surface area contributed by atoms with E-state index >= 15 is 0 Å². The number of anilines is 3. The second kappa shape index (κ2) is 9.24. The summed E-state index contributed by atoms with van der Waals surface area (Å²) < 4.78 is 14.1. The molecule has 4 rings (SSSR count). The van der Waals surface area contributed by atoms with Crippen LogP contribution in [-0.4, -0.2) is 24.3 Å². The molecule has 0 aliphatic carbocycles. The molecule has 0 aromatic heterocycles. The smallest absolute Gasteiger partial charge is 0.255 e. The summed E-state index contributed by atoms with van der Waals surface area (Å²) in [6.07, 6.45) is 0.0130. The van der Waals surface area contributed by atoms with E-state index < -0.39 is 17.6 Å². The van der Waals surface area contributed by atoms with Crippen molar-refractivity contribution in [3.8, 4) is 0 Å². The number of rotatable bonds is 5. The molecule has 0 spiro atoms. The van der Waals surface area contributed by atoms with Crippen LogP contribution in [0.25, 0.3) is 0 Å². The quantitative estimate of drug-likeness (QED) is 0.598. The Morgan fingerprint density at radius 1 is 0.939 bits per heavy atom. The van der Waals surface area contributed by atoms with Gasteiger partial charge in [-0.2, -0.15) is 0 Å². The molecule has 1 heterocycles. The zero-order valence-corrected chi connectivity index (χ0v) is 18.4. The molecule has 168 valence electrons. The third-order valence-corrected chi connectivity index (χ3v) is 5.61. The molecule has 2 N–H and O–H groups in total. The number of aryl methyl sites for hydroxylation is 2. The van der Waals surface area contributed by atoms with Crippen LogP contribution in [0.5, 0.6) is 0 Å². The Labute approximate surface area is 191 Å². The van der Waals surface area contributed by atoms with Crippen LogP contribution in [0, 0.1) is 25.6 Å². The Kier molecular flexibility index (Phi) is 6.22. The lowest BCUT2D eigenvalue weighted by Gasteiger charge is -2.18. The van der Waals surface area contributed by atoms with Crippen molar-refractivity contribution >= 4 is 34.8 Å².